The van der Waals surface area contributed by atoms with Crippen LogP contribution in [0, 0.1) is 0 Å². The first-order valence-corrected chi connectivity index (χ1v) is 7.04. The van der Waals surface area contributed by atoms with E-state index in [1.165, 1.54) is 30.3 Å². The monoisotopic (exact) mass is 352 g/mol. The topological polar surface area (TPSA) is 95.5 Å². The van der Waals surface area contributed by atoms with E-state index in [-0.39, 0.29) is 26.9 Å². The summed E-state index contributed by atoms with van der Waals surface area (Å²) in [5.41, 5.74) is 0.297. The van der Waals surface area contributed by atoms with Crippen LogP contribution in [0.1, 0.15) is 20.7 Å². The van der Waals surface area contributed by atoms with E-state index in [4.69, 9.17) is 28.3 Å². The van der Waals surface area contributed by atoms with Gasteiger partial charge in [0, 0.05) is 0 Å². The number of nitrogens with one attached hydrogen (secondary N) is 2. The molecule has 3 amide bonds. The standard InChI is InChI=1S/C15H10Cl2N2O4/c16-10-4-2-1-3-9(10)13(20)19-15(23)18-12-6-5-8(14(21)22)7-11(12)17/h1-7H,(H,21,22)(H2,18,19,20,23). The molecule has 0 unspecified atom stereocenters. The van der Waals surface area contributed by atoms with Crippen molar-refractivity contribution in [3.8, 4) is 0 Å². The highest BCUT2D eigenvalue weighted by Crippen LogP contribution is 2.23. The number of halogens is 2. The number of carboxylic acids is 1. The van der Waals surface area contributed by atoms with Gasteiger partial charge in [0.25, 0.3) is 5.91 Å². The maximum Gasteiger partial charge on any atom is 0.335 e. The molecule has 3 N–H and O–H groups in total. The summed E-state index contributed by atoms with van der Waals surface area (Å²) in [6.45, 7) is 0. The van der Waals surface area contributed by atoms with Gasteiger partial charge in [0.2, 0.25) is 0 Å². The Morgan fingerprint density at radius 2 is 1.65 bits per heavy atom. The molecule has 0 aromatic heterocycles. The van der Waals surface area contributed by atoms with Crippen LogP contribution in [0.5, 0.6) is 0 Å². The zero-order chi connectivity index (χ0) is 17.0. The van der Waals surface area contributed by atoms with E-state index in [0.717, 1.165) is 0 Å². The summed E-state index contributed by atoms with van der Waals surface area (Å²) in [7, 11) is 0. The fourth-order valence-corrected chi connectivity index (χ4v) is 2.17. The van der Waals surface area contributed by atoms with Crippen LogP contribution in [-0.2, 0) is 0 Å². The van der Waals surface area contributed by atoms with Crippen LogP contribution >= 0.6 is 23.2 Å². The van der Waals surface area contributed by atoms with Crippen molar-refractivity contribution in [1.82, 2.24) is 5.32 Å². The lowest BCUT2D eigenvalue weighted by Crippen LogP contribution is -2.34. The molecule has 0 heterocycles. The summed E-state index contributed by atoms with van der Waals surface area (Å²) >= 11 is 11.8. The van der Waals surface area contributed by atoms with Crippen LogP contribution in [0.15, 0.2) is 42.5 Å². The maximum atomic E-state index is 11.9. The number of carboxylic acid groups (broad SMARTS) is 1. The quantitative estimate of drug-likeness (QED) is 0.785. The summed E-state index contributed by atoms with van der Waals surface area (Å²) in [4.78, 5) is 34.6. The SMILES string of the molecule is O=C(NC(=O)c1ccccc1Cl)Nc1ccc(C(=O)O)cc1Cl. The average Bonchev–Trinajstić information content (AvgIpc) is 2.49. The molecule has 0 aliphatic carbocycles. The fraction of sp³-hybridized carbons (Fsp3) is 0. The van der Waals surface area contributed by atoms with E-state index in [2.05, 4.69) is 10.6 Å². The Balaban J connectivity index is 2.07. The third-order valence-electron chi connectivity index (χ3n) is 2.81. The molecule has 0 fully saturated rings. The predicted octanol–water partition coefficient (Wildman–Crippen LogP) is 3.65. The van der Waals surface area contributed by atoms with Crippen LogP contribution in [-0.4, -0.2) is 23.0 Å². The number of amides is 3. The van der Waals surface area contributed by atoms with Gasteiger partial charge in [-0.15, -0.1) is 0 Å². The zero-order valence-corrected chi connectivity index (χ0v) is 13.0. The summed E-state index contributed by atoms with van der Waals surface area (Å²) < 4.78 is 0. The number of urea groups is 1. The Kier molecular flexibility index (Phi) is 5.20. The maximum absolute atomic E-state index is 11.9. The number of hydrogen-bond acceptors (Lipinski definition) is 3. The molecule has 118 valence electrons. The van der Waals surface area contributed by atoms with Gasteiger partial charge in [0.15, 0.2) is 0 Å². The van der Waals surface area contributed by atoms with Crippen LogP contribution < -0.4 is 10.6 Å². The lowest BCUT2D eigenvalue weighted by atomic mass is 10.2. The van der Waals surface area contributed by atoms with Gasteiger partial charge in [0.05, 0.1) is 26.9 Å². The smallest absolute Gasteiger partial charge is 0.335 e. The molecule has 6 nitrogen and oxygen atoms in total. The normalized spacial score (nSPS) is 10.0. The van der Waals surface area contributed by atoms with Crippen molar-refractivity contribution < 1.29 is 19.5 Å². The second kappa shape index (κ2) is 7.13. The van der Waals surface area contributed by atoms with Crippen molar-refractivity contribution in [1.29, 1.82) is 0 Å². The molecule has 23 heavy (non-hydrogen) atoms. The van der Waals surface area contributed by atoms with Gasteiger partial charge in [-0.05, 0) is 30.3 Å². The molecule has 0 radical (unpaired) electrons. The summed E-state index contributed by atoms with van der Waals surface area (Å²) in [5, 5.41) is 13.5. The van der Waals surface area contributed by atoms with Crippen molar-refractivity contribution in [2.24, 2.45) is 0 Å². The molecule has 0 aliphatic rings. The van der Waals surface area contributed by atoms with Gasteiger partial charge in [-0.3, -0.25) is 10.1 Å². The molecule has 0 atom stereocenters. The minimum atomic E-state index is -1.14. The van der Waals surface area contributed by atoms with Crippen LogP contribution in [0.25, 0.3) is 0 Å². The zero-order valence-electron chi connectivity index (χ0n) is 11.5. The van der Waals surface area contributed by atoms with Gasteiger partial charge < -0.3 is 10.4 Å². The van der Waals surface area contributed by atoms with Crippen LogP contribution in [0.2, 0.25) is 10.0 Å². The van der Waals surface area contributed by atoms with Crippen molar-refractivity contribution in [2.45, 2.75) is 0 Å². The molecule has 0 aliphatic heterocycles. The average molecular weight is 353 g/mol. The highest BCUT2D eigenvalue weighted by molar-refractivity contribution is 6.35. The predicted molar refractivity (Wildman–Crippen MR) is 86.3 cm³/mol. The van der Waals surface area contributed by atoms with E-state index in [1.807, 2.05) is 0 Å². The van der Waals surface area contributed by atoms with Crippen molar-refractivity contribution in [2.75, 3.05) is 5.32 Å². The highest BCUT2D eigenvalue weighted by atomic mass is 35.5. The Morgan fingerprint density at radius 3 is 2.26 bits per heavy atom. The van der Waals surface area contributed by atoms with Gasteiger partial charge in [-0.25, -0.2) is 9.59 Å². The first-order chi connectivity index (χ1) is 10.9. The van der Waals surface area contributed by atoms with Gasteiger partial charge in [-0.1, -0.05) is 35.3 Å². The lowest BCUT2D eigenvalue weighted by molar-refractivity contribution is 0.0696. The summed E-state index contributed by atoms with van der Waals surface area (Å²) in [6.07, 6.45) is 0. The van der Waals surface area contributed by atoms with Crippen molar-refractivity contribution in [3.05, 3.63) is 63.6 Å². The number of carbonyl (C=O) groups excluding carboxylic acids is 2. The molecule has 2 rings (SSSR count). The van der Waals surface area contributed by atoms with Gasteiger partial charge >= 0.3 is 12.0 Å². The Bertz CT molecular complexity index is 793. The number of benzene rings is 2. The number of imide groups is 1. The molecule has 0 spiro atoms. The largest absolute Gasteiger partial charge is 0.478 e. The molecule has 8 heteroatoms. The lowest BCUT2D eigenvalue weighted by Gasteiger charge is -2.09. The number of rotatable bonds is 3. The van der Waals surface area contributed by atoms with E-state index < -0.39 is 17.9 Å². The summed E-state index contributed by atoms with van der Waals surface area (Å²) in [6, 6.07) is 9.24. The summed E-state index contributed by atoms with van der Waals surface area (Å²) in [5.74, 6) is -1.82. The van der Waals surface area contributed by atoms with E-state index in [9.17, 15) is 14.4 Å². The van der Waals surface area contributed by atoms with E-state index >= 15 is 0 Å². The van der Waals surface area contributed by atoms with Gasteiger partial charge in [0.1, 0.15) is 0 Å². The van der Waals surface area contributed by atoms with Crippen molar-refractivity contribution >= 4 is 46.8 Å². The third kappa shape index (κ3) is 4.21. The fourth-order valence-electron chi connectivity index (χ4n) is 1.72. The molecule has 0 saturated heterocycles. The van der Waals surface area contributed by atoms with E-state index in [0.29, 0.717) is 0 Å². The molecule has 0 saturated carbocycles. The first kappa shape index (κ1) is 16.8. The minimum Gasteiger partial charge on any atom is -0.478 e. The molecule has 0 bridgehead atoms. The molecular weight excluding hydrogens is 343 g/mol. The number of anilines is 1. The highest BCUT2D eigenvalue weighted by Gasteiger charge is 2.14. The second-order valence-electron chi connectivity index (χ2n) is 4.39. The number of hydrogen-bond donors (Lipinski definition) is 3. The molecule has 2 aromatic carbocycles. The number of carbonyl (C=O) groups is 3. The third-order valence-corrected chi connectivity index (χ3v) is 3.45. The second-order valence-corrected chi connectivity index (χ2v) is 5.20. The van der Waals surface area contributed by atoms with Crippen LogP contribution in [0.3, 0.4) is 0 Å². The first-order valence-electron chi connectivity index (χ1n) is 6.28. The van der Waals surface area contributed by atoms with Crippen molar-refractivity contribution in [3.63, 3.8) is 0 Å². The minimum absolute atomic E-state index is 0.0203. The molecule has 2 aromatic rings. The van der Waals surface area contributed by atoms with E-state index in [1.54, 1.807) is 12.1 Å². The Morgan fingerprint density at radius 1 is 0.957 bits per heavy atom. The Hall–Kier alpha value is -2.57. The Labute approximate surface area is 141 Å². The number of aromatic carboxylic acids is 1. The van der Waals surface area contributed by atoms with Gasteiger partial charge in [-0.2, -0.15) is 0 Å². The molecular formula is C15H10Cl2N2O4. The van der Waals surface area contributed by atoms with Crippen LogP contribution in [0.4, 0.5) is 10.5 Å².